The second kappa shape index (κ2) is 4.85. The number of ether oxygens (including phenoxy) is 1. The van der Waals surface area contributed by atoms with Gasteiger partial charge in [-0.2, -0.15) is 0 Å². The largest absolute Gasteiger partial charge is 0.466 e. The van der Waals surface area contributed by atoms with Gasteiger partial charge in [-0.1, -0.05) is 11.6 Å². The first kappa shape index (κ1) is 12.5. The third-order valence-electron chi connectivity index (χ3n) is 3.24. The molecular weight excluding hydrogens is 264 g/mol. The minimum absolute atomic E-state index is 0.219. The van der Waals surface area contributed by atoms with Gasteiger partial charge in [-0.15, -0.1) is 0 Å². The average Bonchev–Trinajstić information content (AvgIpc) is 3.12. The van der Waals surface area contributed by atoms with Crippen LogP contribution in [-0.2, 0) is 16.0 Å². The summed E-state index contributed by atoms with van der Waals surface area (Å²) in [4.78, 5) is 16.2. The lowest BCUT2D eigenvalue weighted by atomic mass is 10.3. The number of nitrogens with zero attached hydrogens (tertiary/aromatic N) is 2. The molecule has 3 rings (SSSR count). The Bertz CT molecular complexity index is 632. The van der Waals surface area contributed by atoms with Crippen molar-refractivity contribution in [2.75, 3.05) is 6.61 Å². The summed E-state index contributed by atoms with van der Waals surface area (Å²) in [6.07, 6.45) is 2.50. The molecule has 1 aromatic heterocycles. The molecule has 0 unspecified atom stereocenters. The molecule has 1 aliphatic carbocycles. The smallest absolute Gasteiger partial charge is 0.313 e. The van der Waals surface area contributed by atoms with E-state index in [-0.39, 0.29) is 12.4 Å². The monoisotopic (exact) mass is 278 g/mol. The first-order valence-corrected chi connectivity index (χ1v) is 6.89. The summed E-state index contributed by atoms with van der Waals surface area (Å²) in [7, 11) is 0. The van der Waals surface area contributed by atoms with Crippen LogP contribution < -0.4 is 0 Å². The van der Waals surface area contributed by atoms with Crippen molar-refractivity contribution in [3.63, 3.8) is 0 Å². The molecule has 0 saturated heterocycles. The fourth-order valence-electron chi connectivity index (χ4n) is 2.33. The molecule has 2 aromatic rings. The highest BCUT2D eigenvalue weighted by Crippen LogP contribution is 2.39. The number of rotatable bonds is 4. The zero-order valence-electron chi connectivity index (χ0n) is 10.7. The molecule has 0 atom stereocenters. The fourth-order valence-corrected chi connectivity index (χ4v) is 2.49. The molecule has 0 radical (unpaired) electrons. The number of carbonyl (C=O) groups is 1. The predicted molar refractivity (Wildman–Crippen MR) is 73.4 cm³/mol. The van der Waals surface area contributed by atoms with Crippen molar-refractivity contribution in [1.82, 2.24) is 9.55 Å². The molecule has 0 bridgehead atoms. The van der Waals surface area contributed by atoms with Crippen LogP contribution in [0.4, 0.5) is 0 Å². The van der Waals surface area contributed by atoms with Crippen LogP contribution in [0.1, 0.15) is 31.6 Å². The van der Waals surface area contributed by atoms with Gasteiger partial charge in [0.2, 0.25) is 0 Å². The number of halogens is 1. The maximum Gasteiger partial charge on any atom is 0.313 e. The Hall–Kier alpha value is -1.55. The predicted octanol–water partition coefficient (Wildman–Crippen LogP) is 3.13. The zero-order valence-corrected chi connectivity index (χ0v) is 11.5. The summed E-state index contributed by atoms with van der Waals surface area (Å²) < 4.78 is 7.16. The quantitative estimate of drug-likeness (QED) is 0.807. The standard InChI is InChI=1S/C14H15ClN2O2/c1-2-19-14(18)8-13-16-11-7-9(15)3-6-12(11)17(13)10-4-5-10/h3,6-7,10H,2,4-5,8H2,1H3. The minimum Gasteiger partial charge on any atom is -0.466 e. The van der Waals surface area contributed by atoms with Crippen molar-refractivity contribution in [3.05, 3.63) is 29.0 Å². The van der Waals surface area contributed by atoms with Gasteiger partial charge < -0.3 is 9.30 Å². The SMILES string of the molecule is CCOC(=O)Cc1nc2cc(Cl)ccc2n1C1CC1. The lowest BCUT2D eigenvalue weighted by Crippen LogP contribution is -2.12. The zero-order chi connectivity index (χ0) is 13.4. The van der Waals surface area contributed by atoms with Crippen molar-refractivity contribution in [3.8, 4) is 0 Å². The van der Waals surface area contributed by atoms with Crippen LogP contribution in [0.2, 0.25) is 5.02 Å². The Morgan fingerprint density at radius 1 is 1.53 bits per heavy atom. The van der Waals surface area contributed by atoms with Crippen LogP contribution in [0.5, 0.6) is 0 Å². The number of imidazole rings is 1. The van der Waals surface area contributed by atoms with E-state index in [4.69, 9.17) is 16.3 Å². The van der Waals surface area contributed by atoms with Gasteiger partial charge >= 0.3 is 5.97 Å². The molecule has 19 heavy (non-hydrogen) atoms. The van der Waals surface area contributed by atoms with Gasteiger partial charge in [0, 0.05) is 11.1 Å². The lowest BCUT2D eigenvalue weighted by molar-refractivity contribution is -0.142. The number of hydrogen-bond acceptors (Lipinski definition) is 3. The normalized spacial score (nSPS) is 14.8. The highest BCUT2D eigenvalue weighted by Gasteiger charge is 2.29. The third kappa shape index (κ3) is 2.45. The van der Waals surface area contributed by atoms with Gasteiger partial charge in [0.1, 0.15) is 12.2 Å². The van der Waals surface area contributed by atoms with Gasteiger partial charge in [0.05, 0.1) is 17.6 Å². The number of esters is 1. The Morgan fingerprint density at radius 2 is 2.32 bits per heavy atom. The van der Waals surface area contributed by atoms with E-state index in [2.05, 4.69) is 9.55 Å². The molecule has 1 aliphatic rings. The van der Waals surface area contributed by atoms with Crippen molar-refractivity contribution >= 4 is 28.6 Å². The average molecular weight is 279 g/mol. The van der Waals surface area contributed by atoms with Gasteiger partial charge in [-0.3, -0.25) is 4.79 Å². The molecule has 0 spiro atoms. The molecule has 0 amide bonds. The lowest BCUT2D eigenvalue weighted by Gasteiger charge is -2.07. The van der Waals surface area contributed by atoms with E-state index in [9.17, 15) is 4.79 Å². The maximum atomic E-state index is 11.6. The van der Waals surface area contributed by atoms with Crippen molar-refractivity contribution in [2.45, 2.75) is 32.2 Å². The number of hydrogen-bond donors (Lipinski definition) is 0. The molecule has 5 heteroatoms. The van der Waals surface area contributed by atoms with Gasteiger partial charge in [-0.25, -0.2) is 4.98 Å². The molecule has 1 heterocycles. The van der Waals surface area contributed by atoms with Crippen LogP contribution in [-0.4, -0.2) is 22.1 Å². The third-order valence-corrected chi connectivity index (χ3v) is 3.48. The summed E-state index contributed by atoms with van der Waals surface area (Å²) in [5.41, 5.74) is 1.89. The van der Waals surface area contributed by atoms with Gasteiger partial charge in [0.15, 0.2) is 0 Å². The molecule has 1 saturated carbocycles. The van der Waals surface area contributed by atoms with Crippen molar-refractivity contribution < 1.29 is 9.53 Å². The molecule has 100 valence electrons. The number of benzene rings is 1. The Kier molecular flexibility index (Phi) is 3.19. The Labute approximate surface area is 116 Å². The molecule has 0 N–H and O–H groups in total. The first-order chi connectivity index (χ1) is 9.19. The maximum absolute atomic E-state index is 11.6. The van der Waals surface area contributed by atoms with E-state index in [1.165, 1.54) is 0 Å². The highest BCUT2D eigenvalue weighted by molar-refractivity contribution is 6.31. The van der Waals surface area contributed by atoms with Crippen LogP contribution in [0.3, 0.4) is 0 Å². The van der Waals surface area contributed by atoms with Crippen molar-refractivity contribution in [1.29, 1.82) is 0 Å². The molecule has 1 fully saturated rings. The first-order valence-electron chi connectivity index (χ1n) is 6.51. The summed E-state index contributed by atoms with van der Waals surface area (Å²) >= 11 is 5.99. The van der Waals surface area contributed by atoms with E-state index in [1.807, 2.05) is 25.1 Å². The Morgan fingerprint density at radius 3 is 3.00 bits per heavy atom. The summed E-state index contributed by atoms with van der Waals surface area (Å²) in [5, 5.41) is 0.663. The van der Waals surface area contributed by atoms with Crippen LogP contribution in [0, 0.1) is 0 Å². The summed E-state index contributed by atoms with van der Waals surface area (Å²) in [6.45, 7) is 2.20. The van der Waals surface area contributed by atoms with E-state index >= 15 is 0 Å². The highest BCUT2D eigenvalue weighted by atomic mass is 35.5. The van der Waals surface area contributed by atoms with E-state index in [0.717, 1.165) is 29.7 Å². The number of fused-ring (bicyclic) bond motifs is 1. The molecule has 0 aliphatic heterocycles. The molecule has 4 nitrogen and oxygen atoms in total. The van der Waals surface area contributed by atoms with Crippen LogP contribution in [0.15, 0.2) is 18.2 Å². The minimum atomic E-state index is -0.231. The summed E-state index contributed by atoms with van der Waals surface area (Å²) in [5.74, 6) is 0.545. The fraction of sp³-hybridized carbons (Fsp3) is 0.429. The molecule has 1 aromatic carbocycles. The van der Waals surface area contributed by atoms with E-state index < -0.39 is 0 Å². The van der Waals surface area contributed by atoms with Gasteiger partial charge in [0.25, 0.3) is 0 Å². The second-order valence-corrected chi connectivity index (χ2v) is 5.18. The topological polar surface area (TPSA) is 44.1 Å². The van der Waals surface area contributed by atoms with Crippen LogP contribution >= 0.6 is 11.6 Å². The number of aromatic nitrogens is 2. The second-order valence-electron chi connectivity index (χ2n) is 4.74. The summed E-state index contributed by atoms with van der Waals surface area (Å²) in [6, 6.07) is 6.14. The van der Waals surface area contributed by atoms with Gasteiger partial charge in [-0.05, 0) is 38.0 Å². The van der Waals surface area contributed by atoms with E-state index in [1.54, 1.807) is 0 Å². The van der Waals surface area contributed by atoms with E-state index in [0.29, 0.717) is 17.7 Å². The Balaban J connectivity index is 2.02. The molecular formula is C14H15ClN2O2. The van der Waals surface area contributed by atoms with Crippen LogP contribution in [0.25, 0.3) is 11.0 Å². The van der Waals surface area contributed by atoms with Crippen molar-refractivity contribution in [2.24, 2.45) is 0 Å². The number of carbonyl (C=O) groups excluding carboxylic acids is 1.